The highest BCUT2D eigenvalue weighted by Crippen LogP contribution is 2.30. The van der Waals surface area contributed by atoms with Crippen molar-refractivity contribution in [2.75, 3.05) is 6.26 Å². The zero-order valence-corrected chi connectivity index (χ0v) is 11.1. The monoisotopic (exact) mass is 250 g/mol. The van der Waals surface area contributed by atoms with Crippen molar-refractivity contribution < 1.29 is 0 Å². The van der Waals surface area contributed by atoms with Gasteiger partial charge in [-0.15, -0.1) is 11.8 Å². The normalized spacial score (nSPS) is 10.9. The molecule has 0 spiro atoms. The third kappa shape index (κ3) is 1.81. The minimum absolute atomic E-state index is 1.21. The molecule has 0 amide bonds. The first-order valence-corrected chi connectivity index (χ1v) is 7.17. The Hall–Kier alpha value is -1.73. The van der Waals surface area contributed by atoms with Gasteiger partial charge in [0.25, 0.3) is 0 Å². The van der Waals surface area contributed by atoms with Crippen LogP contribution in [0, 0.1) is 0 Å². The molecule has 0 nitrogen and oxygen atoms in total. The Morgan fingerprint density at radius 1 is 0.889 bits per heavy atom. The molecule has 0 aliphatic heterocycles. The van der Waals surface area contributed by atoms with Crippen LogP contribution < -0.4 is 0 Å². The van der Waals surface area contributed by atoms with E-state index in [9.17, 15) is 0 Å². The van der Waals surface area contributed by atoms with E-state index in [0.717, 1.165) is 0 Å². The van der Waals surface area contributed by atoms with Gasteiger partial charge in [-0.2, -0.15) is 0 Å². The molecule has 0 aliphatic rings. The van der Waals surface area contributed by atoms with Crippen molar-refractivity contribution in [1.82, 2.24) is 0 Å². The van der Waals surface area contributed by atoms with Gasteiger partial charge < -0.3 is 0 Å². The Morgan fingerprint density at radius 3 is 2.06 bits per heavy atom. The lowest BCUT2D eigenvalue weighted by Crippen LogP contribution is -1.82. The summed E-state index contributed by atoms with van der Waals surface area (Å²) in [5.74, 6) is 0. The Bertz CT molecular complexity index is 741. The van der Waals surface area contributed by atoms with Gasteiger partial charge in [0.2, 0.25) is 0 Å². The molecule has 0 heterocycles. The first-order chi connectivity index (χ1) is 8.81. The summed E-state index contributed by atoms with van der Waals surface area (Å²) in [7, 11) is 0. The highest BCUT2D eigenvalue weighted by atomic mass is 32.2. The molecule has 0 aromatic heterocycles. The first kappa shape index (κ1) is 11.4. The van der Waals surface area contributed by atoms with Crippen LogP contribution in [0.4, 0.5) is 0 Å². The largest absolute Gasteiger partial charge is 0.129 e. The molecule has 3 rings (SSSR count). The summed E-state index contributed by atoms with van der Waals surface area (Å²) in [5, 5.41) is 5.16. The zero-order valence-electron chi connectivity index (χ0n) is 10.3. The third-order valence-electron chi connectivity index (χ3n) is 3.27. The lowest BCUT2D eigenvalue weighted by Gasteiger charge is -2.07. The van der Waals surface area contributed by atoms with E-state index in [1.54, 1.807) is 11.8 Å². The van der Waals surface area contributed by atoms with Gasteiger partial charge in [-0.05, 0) is 57.6 Å². The summed E-state index contributed by atoms with van der Waals surface area (Å²) < 4.78 is 0. The van der Waals surface area contributed by atoms with Crippen molar-refractivity contribution in [2.45, 2.75) is 4.90 Å². The second-order valence-electron chi connectivity index (χ2n) is 4.34. The van der Waals surface area contributed by atoms with Crippen LogP contribution in [0.1, 0.15) is 5.56 Å². The zero-order chi connectivity index (χ0) is 12.5. The summed E-state index contributed by atoms with van der Waals surface area (Å²) in [6, 6.07) is 17.5. The van der Waals surface area contributed by atoms with Gasteiger partial charge in [0, 0.05) is 4.90 Å². The van der Waals surface area contributed by atoms with Crippen LogP contribution in [0.25, 0.3) is 27.6 Å². The highest BCUT2D eigenvalue weighted by molar-refractivity contribution is 7.98. The fourth-order valence-electron chi connectivity index (χ4n) is 2.33. The van der Waals surface area contributed by atoms with Gasteiger partial charge in [0.1, 0.15) is 0 Å². The van der Waals surface area contributed by atoms with E-state index in [0.29, 0.717) is 0 Å². The molecule has 0 N–H and O–H groups in total. The second-order valence-corrected chi connectivity index (χ2v) is 5.19. The van der Waals surface area contributed by atoms with Crippen molar-refractivity contribution in [3.05, 3.63) is 60.7 Å². The van der Waals surface area contributed by atoms with Crippen LogP contribution in [0.15, 0.2) is 60.0 Å². The fourth-order valence-corrected chi connectivity index (χ4v) is 2.95. The average molecular weight is 250 g/mol. The molecule has 0 aliphatic carbocycles. The van der Waals surface area contributed by atoms with Gasteiger partial charge in [-0.25, -0.2) is 0 Å². The predicted octanol–water partition coefficient (Wildman–Crippen LogP) is 5.36. The average Bonchev–Trinajstić information content (AvgIpc) is 2.43. The van der Waals surface area contributed by atoms with Crippen molar-refractivity contribution >= 4 is 39.4 Å². The minimum atomic E-state index is 1.21. The number of fused-ring (bicyclic) bond motifs is 2. The molecule has 0 atom stereocenters. The van der Waals surface area contributed by atoms with Crippen LogP contribution in [-0.4, -0.2) is 6.26 Å². The van der Waals surface area contributed by atoms with Crippen LogP contribution in [0.2, 0.25) is 0 Å². The molecule has 88 valence electrons. The van der Waals surface area contributed by atoms with Gasteiger partial charge in [0.05, 0.1) is 0 Å². The lowest BCUT2D eigenvalue weighted by molar-refractivity contribution is 1.47. The Morgan fingerprint density at radius 2 is 1.50 bits per heavy atom. The lowest BCUT2D eigenvalue weighted by atomic mass is 10.0. The summed E-state index contributed by atoms with van der Waals surface area (Å²) >= 11 is 1.77. The van der Waals surface area contributed by atoms with Crippen LogP contribution in [0.3, 0.4) is 0 Å². The van der Waals surface area contributed by atoms with Crippen molar-refractivity contribution in [3.8, 4) is 0 Å². The minimum Gasteiger partial charge on any atom is -0.129 e. The van der Waals surface area contributed by atoms with Crippen LogP contribution >= 0.6 is 11.8 Å². The van der Waals surface area contributed by atoms with E-state index in [-0.39, 0.29) is 0 Å². The standard InChI is InChI=1S/C17H14S/c1-3-12-8-15-9-13-6-4-5-7-14(13)10-16(15)11-17(12)18-2/h3-11H,1H2,2H3. The van der Waals surface area contributed by atoms with E-state index in [2.05, 4.69) is 61.4 Å². The molecular weight excluding hydrogens is 236 g/mol. The molecule has 0 fully saturated rings. The third-order valence-corrected chi connectivity index (χ3v) is 4.07. The molecule has 0 saturated carbocycles. The number of rotatable bonds is 2. The maximum atomic E-state index is 3.90. The maximum Gasteiger partial charge on any atom is 0.0148 e. The van der Waals surface area contributed by atoms with Crippen LogP contribution in [-0.2, 0) is 0 Å². The Balaban J connectivity index is 2.39. The topological polar surface area (TPSA) is 0 Å². The fraction of sp³-hybridized carbons (Fsp3) is 0.0588. The van der Waals surface area contributed by atoms with E-state index < -0.39 is 0 Å². The molecule has 0 saturated heterocycles. The molecule has 1 heteroatoms. The van der Waals surface area contributed by atoms with Gasteiger partial charge in [-0.1, -0.05) is 36.9 Å². The van der Waals surface area contributed by atoms with Gasteiger partial charge in [-0.3, -0.25) is 0 Å². The van der Waals surface area contributed by atoms with Gasteiger partial charge >= 0.3 is 0 Å². The molecule has 18 heavy (non-hydrogen) atoms. The molecule has 3 aromatic carbocycles. The summed E-state index contributed by atoms with van der Waals surface area (Å²) in [6.45, 7) is 3.90. The van der Waals surface area contributed by atoms with Crippen LogP contribution in [0.5, 0.6) is 0 Å². The second kappa shape index (κ2) is 4.51. The van der Waals surface area contributed by atoms with Crippen molar-refractivity contribution in [1.29, 1.82) is 0 Å². The first-order valence-electron chi connectivity index (χ1n) is 5.95. The van der Waals surface area contributed by atoms with E-state index in [1.807, 2.05) is 6.08 Å². The summed E-state index contributed by atoms with van der Waals surface area (Å²) in [4.78, 5) is 1.28. The molecule has 0 bridgehead atoms. The predicted molar refractivity (Wildman–Crippen MR) is 83.3 cm³/mol. The van der Waals surface area contributed by atoms with Crippen molar-refractivity contribution in [3.63, 3.8) is 0 Å². The molecule has 0 unspecified atom stereocenters. The Labute approximate surface area is 111 Å². The Kier molecular flexibility index (Phi) is 2.85. The maximum absolute atomic E-state index is 3.90. The quantitative estimate of drug-likeness (QED) is 0.436. The van der Waals surface area contributed by atoms with Crippen molar-refractivity contribution in [2.24, 2.45) is 0 Å². The summed E-state index contributed by atoms with van der Waals surface area (Å²) in [5.41, 5.74) is 1.21. The summed E-state index contributed by atoms with van der Waals surface area (Å²) in [6.07, 6.45) is 4.04. The van der Waals surface area contributed by atoms with Gasteiger partial charge in [0.15, 0.2) is 0 Å². The van der Waals surface area contributed by atoms with E-state index in [1.165, 1.54) is 32.0 Å². The molecular formula is C17H14S. The SMILES string of the molecule is C=Cc1cc2cc3ccccc3cc2cc1SC. The molecule has 3 aromatic rings. The smallest absolute Gasteiger partial charge is 0.0148 e. The number of thioether (sulfide) groups is 1. The molecule has 0 radical (unpaired) electrons. The number of hydrogen-bond acceptors (Lipinski definition) is 1. The van der Waals surface area contributed by atoms with E-state index >= 15 is 0 Å². The number of hydrogen-bond donors (Lipinski definition) is 0. The van der Waals surface area contributed by atoms with E-state index in [4.69, 9.17) is 0 Å². The highest BCUT2D eigenvalue weighted by Gasteiger charge is 2.03. The number of benzene rings is 3.